The van der Waals surface area contributed by atoms with E-state index in [0.29, 0.717) is 18.0 Å². The topological polar surface area (TPSA) is 40.5 Å². The van der Waals surface area contributed by atoms with Gasteiger partial charge in [-0.05, 0) is 36.2 Å². The molecule has 1 aliphatic heterocycles. The second kappa shape index (κ2) is 4.44. The SMILES string of the molecule is CCN1Cc2cc(Cl)ccc2CC1C(=O)O. The van der Waals surface area contributed by atoms with Crippen molar-refractivity contribution in [2.24, 2.45) is 0 Å². The van der Waals surface area contributed by atoms with E-state index >= 15 is 0 Å². The average Bonchev–Trinajstić information content (AvgIpc) is 2.26. The number of fused-ring (bicyclic) bond motifs is 1. The van der Waals surface area contributed by atoms with E-state index in [1.807, 2.05) is 30.0 Å². The Morgan fingerprint density at radius 2 is 2.31 bits per heavy atom. The van der Waals surface area contributed by atoms with Crippen LogP contribution in [0.25, 0.3) is 0 Å². The molecule has 1 N–H and O–H groups in total. The van der Waals surface area contributed by atoms with Crippen molar-refractivity contribution in [2.45, 2.75) is 25.9 Å². The van der Waals surface area contributed by atoms with Crippen molar-refractivity contribution < 1.29 is 9.90 Å². The smallest absolute Gasteiger partial charge is 0.321 e. The number of carbonyl (C=O) groups is 1. The lowest BCUT2D eigenvalue weighted by Crippen LogP contribution is -2.45. The standard InChI is InChI=1S/C12H14ClNO2/c1-2-14-7-9-5-10(13)4-3-8(9)6-11(14)12(15)16/h3-5,11H,2,6-7H2,1H3,(H,15,16). The number of likely N-dealkylation sites (N-methyl/N-ethyl adjacent to an activating group) is 1. The molecule has 1 aliphatic rings. The van der Waals surface area contributed by atoms with Crippen molar-refractivity contribution in [3.63, 3.8) is 0 Å². The Morgan fingerprint density at radius 3 is 2.94 bits per heavy atom. The van der Waals surface area contributed by atoms with Gasteiger partial charge in [-0.2, -0.15) is 0 Å². The first-order valence-corrected chi connectivity index (χ1v) is 5.73. The van der Waals surface area contributed by atoms with Crippen molar-refractivity contribution in [3.8, 4) is 0 Å². The van der Waals surface area contributed by atoms with Gasteiger partial charge >= 0.3 is 5.97 Å². The maximum atomic E-state index is 11.1. The lowest BCUT2D eigenvalue weighted by Gasteiger charge is -2.33. The molecule has 16 heavy (non-hydrogen) atoms. The Labute approximate surface area is 99.6 Å². The molecule has 0 bridgehead atoms. The van der Waals surface area contributed by atoms with Crippen LogP contribution in [0, 0.1) is 0 Å². The van der Waals surface area contributed by atoms with Gasteiger partial charge in [-0.1, -0.05) is 24.6 Å². The normalized spacial score (nSPS) is 20.5. The summed E-state index contributed by atoms with van der Waals surface area (Å²) in [7, 11) is 0. The first kappa shape index (κ1) is 11.4. The number of nitrogens with zero attached hydrogens (tertiary/aromatic N) is 1. The highest BCUT2D eigenvalue weighted by molar-refractivity contribution is 6.30. The van der Waals surface area contributed by atoms with E-state index in [9.17, 15) is 4.79 Å². The van der Waals surface area contributed by atoms with E-state index in [0.717, 1.165) is 17.7 Å². The van der Waals surface area contributed by atoms with Gasteiger partial charge in [0.25, 0.3) is 0 Å². The number of rotatable bonds is 2. The van der Waals surface area contributed by atoms with E-state index < -0.39 is 12.0 Å². The number of hydrogen-bond donors (Lipinski definition) is 1. The van der Waals surface area contributed by atoms with Gasteiger partial charge in [0.05, 0.1) is 0 Å². The van der Waals surface area contributed by atoms with Crippen molar-refractivity contribution in [1.29, 1.82) is 0 Å². The largest absolute Gasteiger partial charge is 0.480 e. The minimum Gasteiger partial charge on any atom is -0.480 e. The van der Waals surface area contributed by atoms with E-state index in [1.54, 1.807) is 0 Å². The van der Waals surface area contributed by atoms with Gasteiger partial charge < -0.3 is 5.11 Å². The summed E-state index contributed by atoms with van der Waals surface area (Å²) in [5.41, 5.74) is 2.24. The summed E-state index contributed by atoms with van der Waals surface area (Å²) in [5.74, 6) is -0.748. The molecule has 1 aromatic rings. The van der Waals surface area contributed by atoms with Crippen LogP contribution in [0.4, 0.5) is 0 Å². The molecule has 0 aromatic heterocycles. The van der Waals surface area contributed by atoms with Crippen LogP contribution in [0.15, 0.2) is 18.2 Å². The van der Waals surface area contributed by atoms with Gasteiger partial charge in [-0.15, -0.1) is 0 Å². The molecule has 0 fully saturated rings. The number of halogens is 1. The molecule has 2 rings (SSSR count). The highest BCUT2D eigenvalue weighted by atomic mass is 35.5. The predicted molar refractivity (Wildman–Crippen MR) is 62.7 cm³/mol. The van der Waals surface area contributed by atoms with Crippen molar-refractivity contribution in [3.05, 3.63) is 34.3 Å². The summed E-state index contributed by atoms with van der Waals surface area (Å²) >= 11 is 5.93. The van der Waals surface area contributed by atoms with E-state index in [2.05, 4.69) is 0 Å². The van der Waals surface area contributed by atoms with Crippen LogP contribution in [0.1, 0.15) is 18.1 Å². The van der Waals surface area contributed by atoms with Crippen molar-refractivity contribution in [2.75, 3.05) is 6.54 Å². The van der Waals surface area contributed by atoms with Gasteiger partial charge in [-0.3, -0.25) is 9.69 Å². The van der Waals surface area contributed by atoms with E-state index in [1.165, 1.54) is 0 Å². The van der Waals surface area contributed by atoms with Gasteiger partial charge in [0.2, 0.25) is 0 Å². The predicted octanol–water partition coefficient (Wildman–Crippen LogP) is 2.17. The number of benzene rings is 1. The zero-order valence-electron chi connectivity index (χ0n) is 9.11. The average molecular weight is 240 g/mol. The second-order valence-electron chi connectivity index (χ2n) is 4.03. The summed E-state index contributed by atoms with van der Waals surface area (Å²) in [6.45, 7) is 3.39. The Kier molecular flexibility index (Phi) is 3.17. The quantitative estimate of drug-likeness (QED) is 0.860. The van der Waals surface area contributed by atoms with Crippen molar-refractivity contribution >= 4 is 17.6 Å². The van der Waals surface area contributed by atoms with Crippen LogP contribution in [0.5, 0.6) is 0 Å². The fraction of sp³-hybridized carbons (Fsp3) is 0.417. The first-order chi connectivity index (χ1) is 7.61. The molecule has 0 amide bonds. The van der Waals surface area contributed by atoms with Crippen LogP contribution in [-0.2, 0) is 17.8 Å². The minimum atomic E-state index is -0.748. The molecule has 3 nitrogen and oxygen atoms in total. The summed E-state index contributed by atoms with van der Waals surface area (Å²) in [5, 5.41) is 9.86. The summed E-state index contributed by atoms with van der Waals surface area (Å²) in [6, 6.07) is 5.28. The molecule has 0 saturated carbocycles. The van der Waals surface area contributed by atoms with E-state index in [4.69, 9.17) is 16.7 Å². The Morgan fingerprint density at radius 1 is 1.56 bits per heavy atom. The summed E-state index contributed by atoms with van der Waals surface area (Å²) in [6.07, 6.45) is 0.565. The lowest BCUT2D eigenvalue weighted by atomic mass is 9.94. The number of carboxylic acids is 1. The highest BCUT2D eigenvalue weighted by Gasteiger charge is 2.30. The van der Waals surface area contributed by atoms with Gasteiger partial charge in [-0.25, -0.2) is 0 Å². The molecule has 0 saturated heterocycles. The lowest BCUT2D eigenvalue weighted by molar-refractivity contribution is -0.143. The van der Waals surface area contributed by atoms with Gasteiger partial charge in [0.15, 0.2) is 0 Å². The molecule has 1 aromatic carbocycles. The number of hydrogen-bond acceptors (Lipinski definition) is 2. The Hall–Kier alpha value is -1.06. The van der Waals surface area contributed by atoms with Crippen LogP contribution in [0.3, 0.4) is 0 Å². The molecular formula is C12H14ClNO2. The van der Waals surface area contributed by atoms with Gasteiger partial charge in [0, 0.05) is 11.6 Å². The fourth-order valence-corrected chi connectivity index (χ4v) is 2.38. The van der Waals surface area contributed by atoms with Crippen LogP contribution in [-0.4, -0.2) is 28.6 Å². The monoisotopic (exact) mass is 239 g/mol. The van der Waals surface area contributed by atoms with E-state index in [-0.39, 0.29) is 0 Å². The Bertz CT molecular complexity index is 419. The molecule has 4 heteroatoms. The molecule has 0 aliphatic carbocycles. The summed E-state index contributed by atoms with van der Waals surface area (Å²) < 4.78 is 0. The zero-order chi connectivity index (χ0) is 11.7. The molecule has 86 valence electrons. The van der Waals surface area contributed by atoms with Crippen LogP contribution >= 0.6 is 11.6 Å². The van der Waals surface area contributed by atoms with Gasteiger partial charge in [0.1, 0.15) is 6.04 Å². The molecule has 1 unspecified atom stereocenters. The Balaban J connectivity index is 2.33. The molecule has 1 atom stereocenters. The molecule has 0 radical (unpaired) electrons. The minimum absolute atomic E-state index is 0.404. The molecule has 0 spiro atoms. The number of aliphatic carboxylic acids is 1. The third-order valence-corrected chi connectivity index (χ3v) is 3.32. The van der Waals surface area contributed by atoms with Crippen molar-refractivity contribution in [1.82, 2.24) is 4.90 Å². The highest BCUT2D eigenvalue weighted by Crippen LogP contribution is 2.25. The first-order valence-electron chi connectivity index (χ1n) is 5.36. The third kappa shape index (κ3) is 2.06. The zero-order valence-corrected chi connectivity index (χ0v) is 9.87. The second-order valence-corrected chi connectivity index (χ2v) is 4.47. The maximum absolute atomic E-state index is 11.1. The number of carboxylic acid groups (broad SMARTS) is 1. The fourth-order valence-electron chi connectivity index (χ4n) is 2.18. The van der Waals surface area contributed by atoms with Crippen LogP contribution < -0.4 is 0 Å². The van der Waals surface area contributed by atoms with Crippen LogP contribution in [0.2, 0.25) is 5.02 Å². The third-order valence-electron chi connectivity index (χ3n) is 3.09. The maximum Gasteiger partial charge on any atom is 0.321 e. The summed E-state index contributed by atoms with van der Waals surface area (Å²) in [4.78, 5) is 13.1. The molecular weight excluding hydrogens is 226 g/mol. The molecule has 1 heterocycles.